The van der Waals surface area contributed by atoms with Gasteiger partial charge < -0.3 is 5.32 Å². The van der Waals surface area contributed by atoms with Gasteiger partial charge in [-0.05, 0) is 49.0 Å². The van der Waals surface area contributed by atoms with Crippen LogP contribution >= 0.6 is 11.6 Å². The number of rotatable bonds is 5. The molecule has 2 rings (SSSR count). The van der Waals surface area contributed by atoms with E-state index in [1.807, 2.05) is 31.2 Å². The first-order valence-corrected chi connectivity index (χ1v) is 8.98. The van der Waals surface area contributed by atoms with Crippen molar-refractivity contribution < 1.29 is 9.00 Å². The van der Waals surface area contributed by atoms with Gasteiger partial charge in [0.05, 0.1) is 0 Å². The van der Waals surface area contributed by atoms with Crippen molar-refractivity contribution in [1.29, 1.82) is 0 Å². The Kier molecular flexibility index (Phi) is 6.23. The monoisotopic (exact) mass is 342 g/mol. The molecule has 120 valence electrons. The number of benzene rings is 1. The number of nitrogens with one attached hydrogen (secondary N) is 1. The molecule has 1 N–H and O–H groups in total. The number of carbonyl (C=O) groups excluding carboxylic acids is 1. The summed E-state index contributed by atoms with van der Waals surface area (Å²) in [6.45, 7) is 3.51. The minimum Gasteiger partial charge on any atom is -0.316 e. The van der Waals surface area contributed by atoms with E-state index in [2.05, 4.69) is 10.5 Å². The fourth-order valence-electron chi connectivity index (χ4n) is 2.97. The lowest BCUT2D eigenvalue weighted by Crippen LogP contribution is -2.43. The van der Waals surface area contributed by atoms with Crippen LogP contribution in [0.3, 0.4) is 0 Å². The number of halogens is 1. The van der Waals surface area contributed by atoms with Crippen LogP contribution in [0.15, 0.2) is 29.4 Å². The average molecular weight is 343 g/mol. The summed E-state index contributed by atoms with van der Waals surface area (Å²) in [4.78, 5) is 21.3. The topological polar surface area (TPSA) is 75.6 Å². The Morgan fingerprint density at radius 2 is 2.14 bits per heavy atom. The van der Waals surface area contributed by atoms with E-state index in [4.69, 9.17) is 11.6 Å². The first-order valence-electron chi connectivity index (χ1n) is 7.22. The highest BCUT2D eigenvalue weighted by Gasteiger charge is 2.34. The zero-order valence-corrected chi connectivity index (χ0v) is 13.9. The second-order valence-electron chi connectivity index (χ2n) is 5.53. The van der Waals surface area contributed by atoms with Crippen molar-refractivity contribution in [3.63, 3.8) is 0 Å². The maximum absolute atomic E-state index is 12.3. The van der Waals surface area contributed by atoms with Gasteiger partial charge in [0.2, 0.25) is 0 Å². The molecule has 1 fully saturated rings. The second kappa shape index (κ2) is 7.94. The fourth-order valence-corrected chi connectivity index (χ4v) is 4.33. The molecule has 0 bridgehead atoms. The number of hydrogen-bond donors (Lipinski definition) is 1. The predicted molar refractivity (Wildman–Crippen MR) is 88.4 cm³/mol. The van der Waals surface area contributed by atoms with Crippen LogP contribution in [-0.4, -0.2) is 34.2 Å². The Morgan fingerprint density at radius 3 is 2.77 bits per heavy atom. The lowest BCUT2D eigenvalue weighted by molar-refractivity contribution is -0.115. The van der Waals surface area contributed by atoms with Crippen LogP contribution in [0.4, 0.5) is 0 Å². The standard InChI is InChI=1S/C15H19ClN2O3S/c1-10(22(21)9-15(19)18-20)14-8-17-7-6-13(14)11-2-4-12(16)5-3-11/h2-5,10,13-14,17H,6-9H2,1H3/t10?,13-,14-,22?/m1/s1. The van der Waals surface area contributed by atoms with E-state index >= 15 is 0 Å². The van der Waals surface area contributed by atoms with Crippen molar-refractivity contribution in [2.24, 2.45) is 11.1 Å². The van der Waals surface area contributed by atoms with Gasteiger partial charge in [-0.1, -0.05) is 30.7 Å². The van der Waals surface area contributed by atoms with Gasteiger partial charge in [-0.15, -0.1) is 4.91 Å². The zero-order valence-electron chi connectivity index (χ0n) is 12.3. The highest BCUT2D eigenvalue weighted by Crippen LogP contribution is 2.34. The van der Waals surface area contributed by atoms with E-state index in [0.717, 1.165) is 19.5 Å². The summed E-state index contributed by atoms with van der Waals surface area (Å²) in [5.41, 5.74) is 1.17. The normalized spacial score (nSPS) is 24.5. The van der Waals surface area contributed by atoms with Crippen molar-refractivity contribution in [3.8, 4) is 0 Å². The van der Waals surface area contributed by atoms with Gasteiger partial charge in [0.1, 0.15) is 5.75 Å². The Balaban J connectivity index is 2.15. The molecule has 7 heteroatoms. The van der Waals surface area contributed by atoms with Crippen molar-refractivity contribution >= 4 is 28.3 Å². The average Bonchev–Trinajstić information content (AvgIpc) is 2.54. The third-order valence-electron chi connectivity index (χ3n) is 4.21. The molecule has 1 aromatic rings. The van der Waals surface area contributed by atoms with Crippen LogP contribution in [0.25, 0.3) is 0 Å². The van der Waals surface area contributed by atoms with E-state index in [1.165, 1.54) is 5.56 Å². The number of nitroso groups, excluding NO2 is 1. The van der Waals surface area contributed by atoms with Crippen LogP contribution in [0, 0.1) is 10.8 Å². The first-order chi connectivity index (χ1) is 10.5. The van der Waals surface area contributed by atoms with Gasteiger partial charge in [0.15, 0.2) is 0 Å². The molecule has 0 aromatic heterocycles. The van der Waals surface area contributed by atoms with Crippen molar-refractivity contribution in [3.05, 3.63) is 39.8 Å². The molecule has 0 aliphatic carbocycles. The number of piperidine rings is 1. The molecule has 1 amide bonds. The Morgan fingerprint density at radius 1 is 1.45 bits per heavy atom. The highest BCUT2D eigenvalue weighted by atomic mass is 35.5. The molecule has 1 heterocycles. The highest BCUT2D eigenvalue weighted by molar-refractivity contribution is 7.86. The van der Waals surface area contributed by atoms with Crippen LogP contribution in [0.2, 0.25) is 5.02 Å². The molecular formula is C15H19ClN2O3S. The molecule has 22 heavy (non-hydrogen) atoms. The number of carbonyl (C=O) groups is 1. The molecule has 2 unspecified atom stereocenters. The number of nitrogens with zero attached hydrogens (tertiary/aromatic N) is 1. The predicted octanol–water partition coefficient (Wildman–Crippen LogP) is 2.46. The first kappa shape index (κ1) is 17.2. The fraction of sp³-hybridized carbons (Fsp3) is 0.533. The summed E-state index contributed by atoms with van der Waals surface area (Å²) in [6, 6.07) is 7.72. The summed E-state index contributed by atoms with van der Waals surface area (Å²) in [5.74, 6) is -0.752. The Labute approximate surface area is 137 Å². The van der Waals surface area contributed by atoms with E-state index < -0.39 is 16.7 Å². The molecule has 1 saturated heterocycles. The van der Waals surface area contributed by atoms with Crippen molar-refractivity contribution in [2.75, 3.05) is 18.8 Å². The van der Waals surface area contributed by atoms with Crippen molar-refractivity contribution in [2.45, 2.75) is 24.5 Å². The maximum Gasteiger partial charge on any atom is 0.298 e. The largest absolute Gasteiger partial charge is 0.316 e. The van der Waals surface area contributed by atoms with E-state index in [1.54, 1.807) is 0 Å². The van der Waals surface area contributed by atoms with E-state index in [-0.39, 0.29) is 22.8 Å². The van der Waals surface area contributed by atoms with Gasteiger partial charge in [0.25, 0.3) is 5.91 Å². The van der Waals surface area contributed by atoms with Crippen LogP contribution in [0.5, 0.6) is 0 Å². The third kappa shape index (κ3) is 4.21. The van der Waals surface area contributed by atoms with Crippen LogP contribution < -0.4 is 5.32 Å². The number of amides is 1. The molecular weight excluding hydrogens is 324 g/mol. The van der Waals surface area contributed by atoms with Crippen molar-refractivity contribution in [1.82, 2.24) is 5.32 Å². The van der Waals surface area contributed by atoms with Crippen LogP contribution in [-0.2, 0) is 15.6 Å². The van der Waals surface area contributed by atoms with Gasteiger partial charge in [-0.25, -0.2) is 0 Å². The lowest BCUT2D eigenvalue weighted by atomic mass is 9.79. The summed E-state index contributed by atoms with van der Waals surface area (Å²) < 4.78 is 12.3. The molecule has 0 spiro atoms. The summed E-state index contributed by atoms with van der Waals surface area (Å²) in [7, 11) is -1.40. The van der Waals surface area contributed by atoms with Gasteiger partial charge in [0, 0.05) is 26.2 Å². The molecule has 1 aliphatic rings. The summed E-state index contributed by atoms with van der Waals surface area (Å²) >= 11 is 5.93. The SMILES string of the molecule is CC([C@H]1CNCC[C@@H]1c1ccc(Cl)cc1)S(=O)CC(=O)N=O. The lowest BCUT2D eigenvalue weighted by Gasteiger charge is -2.36. The molecule has 0 saturated carbocycles. The molecule has 1 aromatic carbocycles. The quantitative estimate of drug-likeness (QED) is 0.834. The Bertz CT molecular complexity index is 564. The number of hydrogen-bond acceptors (Lipinski definition) is 4. The third-order valence-corrected chi connectivity index (χ3v) is 6.17. The molecule has 5 nitrogen and oxygen atoms in total. The van der Waals surface area contributed by atoms with Gasteiger partial charge in [-0.3, -0.25) is 9.00 Å². The minimum absolute atomic E-state index is 0.134. The molecule has 1 aliphatic heterocycles. The minimum atomic E-state index is -1.40. The maximum atomic E-state index is 12.3. The van der Waals surface area contributed by atoms with Gasteiger partial charge in [-0.2, -0.15) is 0 Å². The Hall–Kier alpha value is -1.11. The van der Waals surface area contributed by atoms with E-state index in [0.29, 0.717) is 5.02 Å². The molecule has 4 atom stereocenters. The second-order valence-corrected chi connectivity index (χ2v) is 7.76. The van der Waals surface area contributed by atoms with Gasteiger partial charge >= 0.3 is 0 Å². The summed E-state index contributed by atoms with van der Waals surface area (Å²) in [6.07, 6.45) is 0.938. The van der Waals surface area contributed by atoms with Crippen LogP contribution in [0.1, 0.15) is 24.8 Å². The molecule has 0 radical (unpaired) electrons. The zero-order chi connectivity index (χ0) is 16.1. The van der Waals surface area contributed by atoms with E-state index in [9.17, 15) is 13.9 Å². The smallest absolute Gasteiger partial charge is 0.298 e. The summed E-state index contributed by atoms with van der Waals surface area (Å²) in [5, 5.41) is 6.14.